The van der Waals surface area contributed by atoms with E-state index < -0.39 is 14.2 Å². The van der Waals surface area contributed by atoms with Crippen LogP contribution in [0.3, 0.4) is 0 Å². The second kappa shape index (κ2) is 4.04. The molecule has 0 aliphatic rings. The zero-order valence-corrected chi connectivity index (χ0v) is 7.46. The molecule has 1 unspecified atom stereocenters. The van der Waals surface area contributed by atoms with E-state index in [-0.39, 0.29) is 0 Å². The van der Waals surface area contributed by atoms with E-state index in [4.69, 9.17) is 5.73 Å². The number of hydrogen-bond donors (Lipinski definition) is 4. The van der Waals surface area contributed by atoms with Crippen LogP contribution in [0.4, 0.5) is 0 Å². The highest BCUT2D eigenvalue weighted by Crippen LogP contribution is 2.03. The fraction of sp³-hybridized carbons (Fsp3) is 1.00. The van der Waals surface area contributed by atoms with Gasteiger partial charge < -0.3 is 20.6 Å². The Balaban J connectivity index is 3.63. The van der Waals surface area contributed by atoms with Crippen LogP contribution < -0.4 is 11.1 Å². The largest absolute Gasteiger partial charge is 0.410 e. The topological polar surface area (TPSA) is 78.5 Å². The molecule has 0 aromatic rings. The first-order valence-electron chi connectivity index (χ1n) is 3.35. The molecule has 0 heterocycles. The summed E-state index contributed by atoms with van der Waals surface area (Å²) in [6.45, 7) is 2.24. The third-order valence-corrected chi connectivity index (χ3v) is 3.92. The molecule has 0 bridgehead atoms. The van der Waals surface area contributed by atoms with E-state index in [9.17, 15) is 9.59 Å². The van der Waals surface area contributed by atoms with Crippen LogP contribution in [0.1, 0.15) is 6.92 Å². The molecule has 0 aliphatic heterocycles. The SMILES string of the molecule is CNCC[Si](O)(O)C(C)N. The minimum absolute atomic E-state index is 0.390. The van der Waals surface area contributed by atoms with Crippen LogP contribution in [-0.4, -0.2) is 37.4 Å². The lowest BCUT2D eigenvalue weighted by Crippen LogP contribution is -2.53. The summed E-state index contributed by atoms with van der Waals surface area (Å²) in [6, 6.07) is 0.390. The van der Waals surface area contributed by atoms with E-state index >= 15 is 0 Å². The fourth-order valence-electron chi connectivity index (χ4n) is 0.537. The van der Waals surface area contributed by atoms with E-state index in [1.54, 1.807) is 14.0 Å². The summed E-state index contributed by atoms with van der Waals surface area (Å²) in [6.07, 6.45) is 0. The first kappa shape index (κ1) is 10.1. The Morgan fingerprint density at radius 1 is 1.60 bits per heavy atom. The van der Waals surface area contributed by atoms with Crippen LogP contribution >= 0.6 is 0 Å². The second-order valence-electron chi connectivity index (χ2n) is 2.52. The van der Waals surface area contributed by atoms with Crippen LogP contribution in [0.25, 0.3) is 0 Å². The molecule has 10 heavy (non-hydrogen) atoms. The van der Waals surface area contributed by atoms with Crippen molar-refractivity contribution in [3.8, 4) is 0 Å². The summed E-state index contributed by atoms with van der Waals surface area (Å²) in [4.78, 5) is 18.5. The van der Waals surface area contributed by atoms with Gasteiger partial charge in [-0.25, -0.2) is 0 Å². The van der Waals surface area contributed by atoms with Gasteiger partial charge in [0.05, 0.1) is 0 Å². The molecule has 0 fully saturated rings. The van der Waals surface area contributed by atoms with Crippen molar-refractivity contribution in [1.29, 1.82) is 0 Å². The predicted octanol–water partition coefficient (Wildman–Crippen LogP) is -1.48. The quantitative estimate of drug-likeness (QED) is 0.382. The maximum absolute atomic E-state index is 9.25. The van der Waals surface area contributed by atoms with Crippen molar-refractivity contribution in [2.24, 2.45) is 5.73 Å². The maximum atomic E-state index is 9.25. The van der Waals surface area contributed by atoms with Gasteiger partial charge in [0.15, 0.2) is 0 Å². The summed E-state index contributed by atoms with van der Waals surface area (Å²) in [5.74, 6) is 0. The summed E-state index contributed by atoms with van der Waals surface area (Å²) in [5.41, 5.74) is 4.87. The van der Waals surface area contributed by atoms with E-state index in [1.807, 2.05) is 0 Å². The summed E-state index contributed by atoms with van der Waals surface area (Å²) in [7, 11) is -1.32. The lowest BCUT2D eigenvalue weighted by Gasteiger charge is -2.20. The van der Waals surface area contributed by atoms with Gasteiger partial charge in [-0.1, -0.05) is 0 Å². The number of nitrogens with two attached hydrogens (primary N) is 1. The molecule has 4 nitrogen and oxygen atoms in total. The van der Waals surface area contributed by atoms with E-state index in [2.05, 4.69) is 5.32 Å². The Morgan fingerprint density at radius 2 is 2.10 bits per heavy atom. The lowest BCUT2D eigenvalue weighted by molar-refractivity contribution is 0.342. The van der Waals surface area contributed by atoms with Crippen LogP contribution in [0.5, 0.6) is 0 Å². The van der Waals surface area contributed by atoms with E-state index in [1.165, 1.54) is 0 Å². The highest BCUT2D eigenvalue weighted by Gasteiger charge is 2.32. The zero-order chi connectivity index (χ0) is 8.20. The molecule has 1 atom stereocenters. The van der Waals surface area contributed by atoms with Gasteiger partial charge in [-0.3, -0.25) is 0 Å². The number of rotatable bonds is 4. The van der Waals surface area contributed by atoms with Crippen molar-refractivity contribution in [2.45, 2.75) is 18.6 Å². The number of hydrogen-bond acceptors (Lipinski definition) is 4. The van der Waals surface area contributed by atoms with Crippen molar-refractivity contribution in [1.82, 2.24) is 5.32 Å². The van der Waals surface area contributed by atoms with Crippen molar-refractivity contribution in [3.05, 3.63) is 0 Å². The molecule has 0 aromatic heterocycles. The van der Waals surface area contributed by atoms with E-state index in [0.29, 0.717) is 12.6 Å². The third kappa shape index (κ3) is 3.28. The van der Waals surface area contributed by atoms with Gasteiger partial charge in [-0.05, 0) is 20.5 Å². The van der Waals surface area contributed by atoms with Crippen molar-refractivity contribution in [2.75, 3.05) is 13.6 Å². The highest BCUT2D eigenvalue weighted by atomic mass is 28.4. The Kier molecular flexibility index (Phi) is 4.07. The molecule has 0 spiro atoms. The van der Waals surface area contributed by atoms with Gasteiger partial charge in [0.25, 0.3) is 0 Å². The van der Waals surface area contributed by atoms with Crippen molar-refractivity contribution < 1.29 is 9.59 Å². The minimum atomic E-state index is -3.09. The van der Waals surface area contributed by atoms with Gasteiger partial charge in [0.1, 0.15) is 0 Å². The van der Waals surface area contributed by atoms with Crippen molar-refractivity contribution >= 4 is 8.56 Å². The highest BCUT2D eigenvalue weighted by molar-refractivity contribution is 6.66. The molecule has 5 heteroatoms. The fourth-order valence-corrected chi connectivity index (χ4v) is 1.61. The molecule has 62 valence electrons. The zero-order valence-electron chi connectivity index (χ0n) is 6.46. The molecule has 5 N–H and O–H groups in total. The van der Waals surface area contributed by atoms with Crippen LogP contribution in [0.2, 0.25) is 6.04 Å². The smallest absolute Gasteiger partial charge is 0.351 e. The molecule has 0 rings (SSSR count). The first-order chi connectivity index (χ1) is 4.50. The summed E-state index contributed by atoms with van der Waals surface area (Å²) < 4.78 is 0. The summed E-state index contributed by atoms with van der Waals surface area (Å²) >= 11 is 0. The molecular weight excluding hydrogens is 148 g/mol. The molecule has 0 saturated heterocycles. The maximum Gasteiger partial charge on any atom is 0.351 e. The molecule has 0 saturated carbocycles. The Morgan fingerprint density at radius 3 is 2.40 bits per heavy atom. The van der Waals surface area contributed by atoms with E-state index in [0.717, 1.165) is 0 Å². The third-order valence-electron chi connectivity index (χ3n) is 1.47. The molecular formula is C5H16N2O2Si. The monoisotopic (exact) mass is 164 g/mol. The number of nitrogens with one attached hydrogen (secondary N) is 1. The van der Waals surface area contributed by atoms with Crippen LogP contribution in [0.15, 0.2) is 0 Å². The minimum Gasteiger partial charge on any atom is -0.410 e. The predicted molar refractivity (Wildman–Crippen MR) is 42.6 cm³/mol. The normalized spacial score (nSPS) is 15.3. The van der Waals surface area contributed by atoms with Gasteiger partial charge >= 0.3 is 8.56 Å². The molecule has 0 amide bonds. The Labute approximate surface area is 62.3 Å². The van der Waals surface area contributed by atoms with Crippen molar-refractivity contribution in [3.63, 3.8) is 0 Å². The average Bonchev–Trinajstić information content (AvgIpc) is 1.84. The first-order valence-corrected chi connectivity index (χ1v) is 5.53. The Hall–Kier alpha value is 0.0569. The average molecular weight is 164 g/mol. The Bertz CT molecular complexity index is 97.6. The van der Waals surface area contributed by atoms with Gasteiger partial charge in [0.2, 0.25) is 0 Å². The standard InChI is InChI=1S/C5H16N2O2Si/c1-5(6)10(8,9)4-3-7-2/h5,7-9H,3-4,6H2,1-2H3. The summed E-state index contributed by atoms with van der Waals surface area (Å²) in [5, 5.41) is 2.84. The molecule has 0 aromatic carbocycles. The van der Waals surface area contributed by atoms with Gasteiger partial charge in [0, 0.05) is 11.7 Å². The van der Waals surface area contributed by atoms with Gasteiger partial charge in [-0.15, -0.1) is 0 Å². The van der Waals surface area contributed by atoms with Crippen LogP contribution in [0, 0.1) is 0 Å². The van der Waals surface area contributed by atoms with Crippen LogP contribution in [-0.2, 0) is 0 Å². The van der Waals surface area contributed by atoms with Gasteiger partial charge in [-0.2, -0.15) is 0 Å². The lowest BCUT2D eigenvalue weighted by atomic mass is 10.8. The second-order valence-corrected chi connectivity index (χ2v) is 5.69. The molecule has 0 aliphatic carbocycles. The molecule has 0 radical (unpaired) electrons.